The van der Waals surface area contributed by atoms with E-state index < -0.39 is 0 Å². The van der Waals surface area contributed by atoms with Gasteiger partial charge in [-0.3, -0.25) is 9.59 Å². The van der Waals surface area contributed by atoms with E-state index in [0.29, 0.717) is 23.9 Å². The number of nitrogens with one attached hydrogen (secondary N) is 1. The Bertz CT molecular complexity index is 1080. The number of hydrogen-bond acceptors (Lipinski definition) is 4. The molecule has 6 nitrogen and oxygen atoms in total. The Morgan fingerprint density at radius 1 is 1.18 bits per heavy atom. The third-order valence-electron chi connectivity index (χ3n) is 4.44. The molecule has 0 atom stereocenters. The van der Waals surface area contributed by atoms with Crippen LogP contribution in [0.4, 0.5) is 0 Å². The Kier molecular flexibility index (Phi) is 6.07. The Morgan fingerprint density at radius 3 is 2.57 bits per heavy atom. The standard InChI is InChI=1S/C22H21N3O3/c1-3-14-25-22(27)19-7-5-4-6-18(19)20(24-25)15-23-21(26)13-10-16-8-11-17(28-2)12-9-16/h1,4-9,11-12H,10,13-15H2,2H3,(H,23,26). The van der Waals surface area contributed by atoms with Crippen LogP contribution in [0.3, 0.4) is 0 Å². The number of rotatable bonds is 7. The van der Waals surface area contributed by atoms with Gasteiger partial charge in [0.15, 0.2) is 0 Å². The lowest BCUT2D eigenvalue weighted by Gasteiger charge is -2.10. The van der Waals surface area contributed by atoms with Crippen LogP contribution in [0.1, 0.15) is 17.7 Å². The van der Waals surface area contributed by atoms with Gasteiger partial charge in [-0.05, 0) is 30.2 Å². The summed E-state index contributed by atoms with van der Waals surface area (Å²) in [5.41, 5.74) is 1.44. The SMILES string of the molecule is C#CCn1nc(CNC(=O)CCc2ccc(OC)cc2)c2ccccc2c1=O. The third kappa shape index (κ3) is 4.38. The predicted molar refractivity (Wildman–Crippen MR) is 108 cm³/mol. The fourth-order valence-electron chi connectivity index (χ4n) is 2.95. The molecule has 1 N–H and O–H groups in total. The van der Waals surface area contributed by atoms with Crippen molar-refractivity contribution in [3.8, 4) is 18.1 Å². The van der Waals surface area contributed by atoms with E-state index in [1.54, 1.807) is 19.2 Å². The van der Waals surface area contributed by atoms with E-state index in [9.17, 15) is 9.59 Å². The molecule has 0 aliphatic rings. The van der Waals surface area contributed by atoms with Gasteiger partial charge in [-0.25, -0.2) is 4.68 Å². The third-order valence-corrected chi connectivity index (χ3v) is 4.44. The lowest BCUT2D eigenvalue weighted by Crippen LogP contribution is -2.28. The first-order valence-corrected chi connectivity index (χ1v) is 8.94. The molecule has 0 unspecified atom stereocenters. The molecule has 3 aromatic rings. The minimum Gasteiger partial charge on any atom is -0.497 e. The van der Waals surface area contributed by atoms with Crippen molar-refractivity contribution in [1.29, 1.82) is 0 Å². The smallest absolute Gasteiger partial charge is 0.275 e. The van der Waals surface area contributed by atoms with Crippen molar-refractivity contribution in [2.24, 2.45) is 0 Å². The number of ether oxygens (including phenoxy) is 1. The molecular weight excluding hydrogens is 354 g/mol. The zero-order valence-electron chi connectivity index (χ0n) is 15.6. The van der Waals surface area contributed by atoms with Crippen molar-refractivity contribution in [2.75, 3.05) is 7.11 Å². The number of terminal acetylenes is 1. The van der Waals surface area contributed by atoms with Crippen LogP contribution in [0.25, 0.3) is 10.8 Å². The highest BCUT2D eigenvalue weighted by molar-refractivity contribution is 5.84. The normalized spacial score (nSPS) is 10.4. The lowest BCUT2D eigenvalue weighted by atomic mass is 10.1. The Labute approximate surface area is 163 Å². The molecule has 1 amide bonds. The number of carbonyl (C=O) groups is 1. The highest BCUT2D eigenvalue weighted by Gasteiger charge is 2.11. The molecule has 0 radical (unpaired) electrons. The number of amides is 1. The van der Waals surface area contributed by atoms with Gasteiger partial charge >= 0.3 is 0 Å². The molecular formula is C22H21N3O3. The fraction of sp³-hybridized carbons (Fsp3) is 0.227. The van der Waals surface area contributed by atoms with E-state index in [1.165, 1.54) is 4.68 Å². The maximum atomic E-state index is 12.4. The topological polar surface area (TPSA) is 73.2 Å². The summed E-state index contributed by atoms with van der Waals surface area (Å²) in [4.78, 5) is 24.7. The largest absolute Gasteiger partial charge is 0.497 e. The monoisotopic (exact) mass is 375 g/mol. The zero-order chi connectivity index (χ0) is 19.9. The number of nitrogens with zero attached hydrogens (tertiary/aromatic N) is 2. The first kappa shape index (κ1) is 19.2. The maximum absolute atomic E-state index is 12.4. The molecule has 1 heterocycles. The average Bonchev–Trinajstić information content (AvgIpc) is 2.74. The number of fused-ring (bicyclic) bond motifs is 1. The van der Waals surface area contributed by atoms with Crippen LogP contribution in [0.15, 0.2) is 53.3 Å². The van der Waals surface area contributed by atoms with E-state index in [0.717, 1.165) is 16.7 Å². The lowest BCUT2D eigenvalue weighted by molar-refractivity contribution is -0.121. The summed E-state index contributed by atoms with van der Waals surface area (Å²) in [5.74, 6) is 3.13. The second-order valence-corrected chi connectivity index (χ2v) is 6.28. The van der Waals surface area contributed by atoms with E-state index in [1.807, 2.05) is 36.4 Å². The van der Waals surface area contributed by atoms with Crippen LogP contribution in [0, 0.1) is 12.3 Å². The molecule has 2 aromatic carbocycles. The second-order valence-electron chi connectivity index (χ2n) is 6.28. The van der Waals surface area contributed by atoms with Gasteiger partial charge in [0, 0.05) is 11.8 Å². The van der Waals surface area contributed by atoms with Crippen LogP contribution in [0.2, 0.25) is 0 Å². The van der Waals surface area contributed by atoms with E-state index in [4.69, 9.17) is 11.2 Å². The molecule has 0 aliphatic carbocycles. The van der Waals surface area contributed by atoms with Crippen LogP contribution in [0.5, 0.6) is 5.75 Å². The van der Waals surface area contributed by atoms with Crippen LogP contribution < -0.4 is 15.6 Å². The van der Waals surface area contributed by atoms with E-state index >= 15 is 0 Å². The number of aromatic nitrogens is 2. The van der Waals surface area contributed by atoms with Crippen LogP contribution >= 0.6 is 0 Å². The van der Waals surface area contributed by atoms with Gasteiger partial charge in [-0.1, -0.05) is 36.3 Å². The van der Waals surface area contributed by atoms with Gasteiger partial charge in [0.25, 0.3) is 5.56 Å². The van der Waals surface area contributed by atoms with Gasteiger partial charge in [-0.15, -0.1) is 6.42 Å². The number of methoxy groups -OCH3 is 1. The summed E-state index contributed by atoms with van der Waals surface area (Å²) >= 11 is 0. The second kappa shape index (κ2) is 8.87. The van der Waals surface area contributed by atoms with Crippen molar-refractivity contribution in [3.63, 3.8) is 0 Å². The van der Waals surface area contributed by atoms with Crippen molar-refractivity contribution < 1.29 is 9.53 Å². The number of carbonyl (C=O) groups excluding carboxylic acids is 1. The summed E-state index contributed by atoms with van der Waals surface area (Å²) in [6.45, 7) is 0.314. The van der Waals surface area contributed by atoms with Gasteiger partial charge in [-0.2, -0.15) is 5.10 Å². The highest BCUT2D eigenvalue weighted by Crippen LogP contribution is 2.14. The minimum absolute atomic E-state index is 0.0854. The summed E-state index contributed by atoms with van der Waals surface area (Å²) in [6.07, 6.45) is 6.31. The Hall–Kier alpha value is -3.59. The number of hydrogen-bond donors (Lipinski definition) is 1. The van der Waals surface area contributed by atoms with Gasteiger partial charge in [0.05, 0.1) is 24.7 Å². The quantitative estimate of drug-likeness (QED) is 0.643. The summed E-state index contributed by atoms with van der Waals surface area (Å²) in [6, 6.07) is 14.8. The molecule has 0 bridgehead atoms. The maximum Gasteiger partial charge on any atom is 0.275 e. The van der Waals surface area contributed by atoms with Gasteiger partial charge < -0.3 is 10.1 Å². The van der Waals surface area contributed by atoms with Crippen molar-refractivity contribution in [3.05, 3.63) is 70.1 Å². The number of aryl methyl sites for hydroxylation is 1. The van der Waals surface area contributed by atoms with Gasteiger partial charge in [0.2, 0.25) is 5.91 Å². The summed E-state index contributed by atoms with van der Waals surface area (Å²) < 4.78 is 6.38. The highest BCUT2D eigenvalue weighted by atomic mass is 16.5. The molecule has 6 heteroatoms. The van der Waals surface area contributed by atoms with Crippen LogP contribution in [-0.4, -0.2) is 22.8 Å². The average molecular weight is 375 g/mol. The molecule has 0 spiro atoms. The van der Waals surface area contributed by atoms with Crippen molar-refractivity contribution in [2.45, 2.75) is 25.9 Å². The molecule has 0 saturated heterocycles. The molecule has 0 aliphatic heterocycles. The summed E-state index contributed by atoms with van der Waals surface area (Å²) in [5, 5.41) is 8.47. The first-order chi connectivity index (χ1) is 13.6. The molecule has 3 rings (SSSR count). The molecule has 142 valence electrons. The van der Waals surface area contributed by atoms with Crippen molar-refractivity contribution in [1.82, 2.24) is 15.1 Å². The zero-order valence-corrected chi connectivity index (χ0v) is 15.6. The fourth-order valence-corrected chi connectivity index (χ4v) is 2.95. The Morgan fingerprint density at radius 2 is 1.89 bits per heavy atom. The first-order valence-electron chi connectivity index (χ1n) is 8.94. The number of benzene rings is 2. The minimum atomic E-state index is -0.233. The van der Waals surface area contributed by atoms with Crippen molar-refractivity contribution >= 4 is 16.7 Å². The molecule has 28 heavy (non-hydrogen) atoms. The predicted octanol–water partition coefficient (Wildman–Crippen LogP) is 2.29. The van der Waals surface area contributed by atoms with Gasteiger partial charge in [0.1, 0.15) is 12.3 Å². The Balaban J connectivity index is 1.68. The summed E-state index contributed by atoms with van der Waals surface area (Å²) in [7, 11) is 1.62. The molecule has 0 fully saturated rings. The van der Waals surface area contributed by atoms with E-state index in [-0.39, 0.29) is 24.6 Å². The molecule has 1 aromatic heterocycles. The molecule has 0 saturated carbocycles. The van der Waals surface area contributed by atoms with Crippen LogP contribution in [-0.2, 0) is 24.3 Å². The van der Waals surface area contributed by atoms with E-state index in [2.05, 4.69) is 16.3 Å².